The van der Waals surface area contributed by atoms with Crippen molar-refractivity contribution in [1.29, 1.82) is 0 Å². The summed E-state index contributed by atoms with van der Waals surface area (Å²) in [5, 5.41) is 2.51. The minimum atomic E-state index is -5.61. The van der Waals surface area contributed by atoms with Crippen molar-refractivity contribution in [3.63, 3.8) is 0 Å². The molecule has 5 aromatic rings. The van der Waals surface area contributed by atoms with E-state index in [9.17, 15) is 26.3 Å². The van der Waals surface area contributed by atoms with Gasteiger partial charge in [0.25, 0.3) is 0 Å². The molecule has 48 heavy (non-hydrogen) atoms. The van der Waals surface area contributed by atoms with E-state index < -0.39 is 28.9 Å². The summed E-state index contributed by atoms with van der Waals surface area (Å²) in [4.78, 5) is 0. The third-order valence-corrected chi connectivity index (χ3v) is 10.3. The average molecular weight is 657 g/mol. The normalized spacial score (nSPS) is 15.4. The summed E-state index contributed by atoms with van der Waals surface area (Å²) in [6.45, 7) is 12.3. The fourth-order valence-electron chi connectivity index (χ4n) is 7.58. The number of aryl methyl sites for hydroxylation is 4. The molecule has 1 aliphatic rings. The zero-order valence-electron chi connectivity index (χ0n) is 27.9. The summed E-state index contributed by atoms with van der Waals surface area (Å²) in [6, 6.07) is 22.2. The number of halogens is 6. The van der Waals surface area contributed by atoms with E-state index in [1.165, 1.54) is 68.4 Å². The average Bonchev–Trinajstić information content (AvgIpc) is 3.00. The first kappa shape index (κ1) is 33.6. The molecule has 0 spiro atoms. The summed E-state index contributed by atoms with van der Waals surface area (Å²) in [5.74, 6) is 0.255. The lowest BCUT2D eigenvalue weighted by Crippen LogP contribution is -2.54. The van der Waals surface area contributed by atoms with Gasteiger partial charge in [0.2, 0.25) is 5.41 Å². The van der Waals surface area contributed by atoms with Gasteiger partial charge in [-0.3, -0.25) is 0 Å². The fraction of sp³-hybridized carbons (Fsp3) is 0.286. The van der Waals surface area contributed by atoms with Gasteiger partial charge in [0.1, 0.15) is 0 Å². The molecule has 6 rings (SSSR count). The molecular weight excluding hydrogens is 618 g/mol. The van der Waals surface area contributed by atoms with Crippen LogP contribution in [0, 0.1) is 40.5 Å². The lowest BCUT2D eigenvalue weighted by Gasteiger charge is -2.38. The smallest absolute Gasteiger partial charge is 0.169 e. The van der Waals surface area contributed by atoms with E-state index >= 15 is 0 Å². The van der Waals surface area contributed by atoms with Gasteiger partial charge < -0.3 is 0 Å². The second kappa shape index (κ2) is 12.0. The lowest BCUT2D eigenvalue weighted by molar-refractivity contribution is -0.288. The molecule has 0 bridgehead atoms. The molecule has 6 heteroatoms. The van der Waals surface area contributed by atoms with E-state index in [-0.39, 0.29) is 5.92 Å². The van der Waals surface area contributed by atoms with E-state index in [2.05, 4.69) is 77.1 Å². The molecule has 0 N–H and O–H groups in total. The second-order valence-electron chi connectivity index (χ2n) is 13.5. The highest BCUT2D eigenvalue weighted by Crippen LogP contribution is 2.56. The van der Waals surface area contributed by atoms with Crippen molar-refractivity contribution in [3.8, 4) is 0 Å². The van der Waals surface area contributed by atoms with E-state index in [4.69, 9.17) is 0 Å². The van der Waals surface area contributed by atoms with Gasteiger partial charge in [0.05, 0.1) is 0 Å². The van der Waals surface area contributed by atoms with Gasteiger partial charge in [-0.15, -0.1) is 0 Å². The first-order valence-electron chi connectivity index (χ1n) is 16.2. The molecule has 0 amide bonds. The van der Waals surface area contributed by atoms with E-state index in [0.29, 0.717) is 17.5 Å². The Morgan fingerprint density at radius 1 is 0.646 bits per heavy atom. The van der Waals surface area contributed by atoms with Crippen LogP contribution in [0.5, 0.6) is 0 Å². The minimum absolute atomic E-state index is 0.255. The number of alkyl halides is 6. The molecule has 0 nitrogen and oxygen atoms in total. The number of benzene rings is 5. The molecular formula is C42H38F6. The largest absolute Gasteiger partial charge is 0.411 e. The Balaban J connectivity index is 1.36. The zero-order chi connectivity index (χ0) is 34.8. The third-order valence-electron chi connectivity index (χ3n) is 10.3. The van der Waals surface area contributed by atoms with Crippen molar-refractivity contribution in [3.05, 3.63) is 152 Å². The van der Waals surface area contributed by atoms with E-state index in [0.717, 1.165) is 47.4 Å². The Labute approximate surface area is 278 Å². The first-order chi connectivity index (χ1) is 22.5. The maximum absolute atomic E-state index is 14.6. The molecule has 0 aromatic heterocycles. The molecule has 0 heterocycles. The Hall–Kier alpha value is -4.32. The summed E-state index contributed by atoms with van der Waals surface area (Å²) < 4.78 is 87.6. The van der Waals surface area contributed by atoms with Crippen molar-refractivity contribution >= 4 is 22.4 Å². The maximum Gasteiger partial charge on any atom is 0.411 e. The van der Waals surface area contributed by atoms with Crippen molar-refractivity contribution in [1.82, 2.24) is 0 Å². The number of allylic oxidation sites excluding steroid dienone is 1. The number of hydrogen-bond donors (Lipinski definition) is 0. The highest BCUT2D eigenvalue weighted by Gasteiger charge is 2.72. The Morgan fingerprint density at radius 3 is 1.85 bits per heavy atom. The molecule has 0 radical (unpaired) electrons. The summed E-state index contributed by atoms with van der Waals surface area (Å²) in [6.07, 6.45) is -7.70. The molecule has 0 aliphatic heterocycles. The van der Waals surface area contributed by atoms with E-state index in [1.54, 1.807) is 6.92 Å². The number of fused-ring (bicyclic) bond motifs is 2. The van der Waals surface area contributed by atoms with Gasteiger partial charge in [0.15, 0.2) is 0 Å². The zero-order valence-corrected chi connectivity index (χ0v) is 27.9. The monoisotopic (exact) mass is 656 g/mol. The molecule has 0 saturated carbocycles. The quantitative estimate of drug-likeness (QED) is 0.165. The van der Waals surface area contributed by atoms with Crippen molar-refractivity contribution in [2.45, 2.75) is 72.2 Å². The van der Waals surface area contributed by atoms with Crippen LogP contribution >= 0.6 is 0 Å². The molecule has 1 aliphatic carbocycles. The summed E-state index contributed by atoms with van der Waals surface area (Å²) in [5.41, 5.74) is 5.97. The topological polar surface area (TPSA) is 0 Å². The predicted molar refractivity (Wildman–Crippen MR) is 183 cm³/mol. The van der Waals surface area contributed by atoms with Gasteiger partial charge in [-0.1, -0.05) is 97.4 Å². The standard InChI is InChI=1S/C42H38F6/c1-24-10-14-33(15-11-24)40(41(43,44)45,42(46,47)48)34-16-12-30(13-17-34)21-31-18-27(4)38-23-36(28(5)20-39(38)29(31)6)32-19-26(3)35-9-7-8-25(2)37(35)22-32/h7-19,22-23,28H,20-21H2,1-6H3. The Morgan fingerprint density at radius 2 is 1.25 bits per heavy atom. The van der Waals surface area contributed by atoms with Gasteiger partial charge in [-0.25, -0.2) is 0 Å². The maximum atomic E-state index is 14.6. The van der Waals surface area contributed by atoms with Crippen molar-refractivity contribution in [2.24, 2.45) is 5.92 Å². The number of rotatable bonds is 5. The summed E-state index contributed by atoms with van der Waals surface area (Å²) in [7, 11) is 0. The molecule has 1 unspecified atom stereocenters. The lowest BCUT2D eigenvalue weighted by atomic mass is 9.72. The molecule has 248 valence electrons. The highest BCUT2D eigenvalue weighted by molar-refractivity contribution is 5.95. The Kier molecular flexibility index (Phi) is 8.38. The van der Waals surface area contributed by atoms with Gasteiger partial charge in [-0.05, 0) is 137 Å². The van der Waals surface area contributed by atoms with Gasteiger partial charge >= 0.3 is 12.4 Å². The fourth-order valence-corrected chi connectivity index (χ4v) is 7.58. The highest BCUT2D eigenvalue weighted by atomic mass is 19.4. The van der Waals surface area contributed by atoms with Crippen LogP contribution in [-0.4, -0.2) is 12.4 Å². The molecule has 0 fully saturated rings. The van der Waals surface area contributed by atoms with Crippen LogP contribution < -0.4 is 0 Å². The van der Waals surface area contributed by atoms with Crippen LogP contribution in [-0.2, 0) is 18.3 Å². The third kappa shape index (κ3) is 5.53. The molecule has 5 aromatic carbocycles. The second-order valence-corrected chi connectivity index (χ2v) is 13.5. The van der Waals surface area contributed by atoms with Gasteiger partial charge in [0, 0.05) is 0 Å². The van der Waals surface area contributed by atoms with Crippen LogP contribution in [0.3, 0.4) is 0 Å². The molecule has 0 saturated heterocycles. The molecule has 1 atom stereocenters. The van der Waals surface area contributed by atoms with Crippen LogP contribution in [0.2, 0.25) is 0 Å². The minimum Gasteiger partial charge on any atom is -0.169 e. The number of hydrogen-bond acceptors (Lipinski definition) is 0. The van der Waals surface area contributed by atoms with Crippen LogP contribution in [0.1, 0.15) is 73.7 Å². The Bertz CT molecular complexity index is 2030. The van der Waals surface area contributed by atoms with Crippen LogP contribution in [0.4, 0.5) is 26.3 Å². The van der Waals surface area contributed by atoms with Crippen molar-refractivity contribution < 1.29 is 26.3 Å². The summed E-state index contributed by atoms with van der Waals surface area (Å²) >= 11 is 0. The van der Waals surface area contributed by atoms with Crippen LogP contribution in [0.15, 0.2) is 84.9 Å². The van der Waals surface area contributed by atoms with Crippen molar-refractivity contribution in [2.75, 3.05) is 0 Å². The van der Waals surface area contributed by atoms with E-state index in [1.807, 2.05) is 0 Å². The SMILES string of the molecule is Cc1ccc(C(c2ccc(Cc3cc(C)c4c(c3C)CC(C)C(c3cc(C)c5cccc(C)c5c3)=C4)cc2)(C(F)(F)F)C(F)(F)F)cc1. The predicted octanol–water partition coefficient (Wildman–Crippen LogP) is 12.1. The van der Waals surface area contributed by atoms with Crippen LogP contribution in [0.25, 0.3) is 22.4 Å². The van der Waals surface area contributed by atoms with Gasteiger partial charge in [-0.2, -0.15) is 26.3 Å². The first-order valence-corrected chi connectivity index (χ1v) is 16.2.